The molecule has 2 N–H and O–H groups in total. The Hall–Kier alpha value is -0.410. The summed E-state index contributed by atoms with van der Waals surface area (Å²) in [5, 5.41) is 0.127. The molecule has 0 spiro atoms. The number of rotatable bonds is 3. The summed E-state index contributed by atoms with van der Waals surface area (Å²) in [5.41, 5.74) is 1.26. The fourth-order valence-electron chi connectivity index (χ4n) is 1.52. The number of aromatic nitrogens is 1. The number of aryl methyl sites for hydroxylation is 1. The van der Waals surface area contributed by atoms with Crippen molar-refractivity contribution in [3.05, 3.63) is 22.3 Å². The van der Waals surface area contributed by atoms with Gasteiger partial charge in [0.05, 0.1) is 0 Å². The van der Waals surface area contributed by atoms with Gasteiger partial charge in [-0.15, -0.1) is 0 Å². The van der Waals surface area contributed by atoms with Gasteiger partial charge in [0, 0.05) is 0 Å². The molecule has 0 saturated heterocycles. The molecule has 0 radical (unpaired) electrons. The van der Waals surface area contributed by atoms with Crippen molar-refractivity contribution in [3.8, 4) is 0 Å². The molecular formula is C9H13ClNO3P. The van der Waals surface area contributed by atoms with E-state index in [9.17, 15) is 4.57 Å². The van der Waals surface area contributed by atoms with Crippen LogP contribution in [0.15, 0.2) is 6.07 Å². The molecule has 1 aromatic rings. The van der Waals surface area contributed by atoms with Crippen molar-refractivity contribution in [1.82, 2.24) is 4.98 Å². The summed E-state index contributed by atoms with van der Waals surface area (Å²) in [7, 11) is -4.33. The molecule has 1 aromatic heterocycles. The molecule has 0 amide bonds. The summed E-state index contributed by atoms with van der Waals surface area (Å²) in [6.07, 6.45) is 1.21. The van der Waals surface area contributed by atoms with Crippen molar-refractivity contribution < 1.29 is 14.4 Å². The molecule has 84 valence electrons. The smallest absolute Gasteiger partial charge is 0.320 e. The van der Waals surface area contributed by atoms with Crippen molar-refractivity contribution in [2.75, 3.05) is 0 Å². The van der Waals surface area contributed by atoms with E-state index < -0.39 is 7.60 Å². The van der Waals surface area contributed by atoms with Crippen LogP contribution in [0.3, 0.4) is 0 Å². The summed E-state index contributed by atoms with van der Waals surface area (Å²) in [4.78, 5) is 22.0. The second kappa shape index (κ2) is 4.62. The molecule has 0 aliphatic carbocycles. The predicted octanol–water partition coefficient (Wildman–Crippen LogP) is 1.66. The number of nitrogens with zero attached hydrogens (tertiary/aromatic N) is 1. The maximum Gasteiger partial charge on any atom is 0.374 e. The average molecular weight is 250 g/mol. The van der Waals surface area contributed by atoms with E-state index in [2.05, 4.69) is 4.98 Å². The molecule has 0 bridgehead atoms. The van der Waals surface area contributed by atoms with Crippen LogP contribution in [-0.4, -0.2) is 14.8 Å². The monoisotopic (exact) mass is 249 g/mol. The Morgan fingerprint density at radius 2 is 2.00 bits per heavy atom. The highest BCUT2D eigenvalue weighted by atomic mass is 35.5. The number of pyridine rings is 1. The zero-order chi connectivity index (χ0) is 11.6. The average Bonchev–Trinajstić information content (AvgIpc) is 2.15. The van der Waals surface area contributed by atoms with E-state index in [-0.39, 0.29) is 10.6 Å². The Kier molecular flexibility index (Phi) is 3.90. The summed E-state index contributed by atoms with van der Waals surface area (Å²) in [6, 6.07) is 1.65. The molecule has 0 fully saturated rings. The molecule has 0 aliphatic heterocycles. The Morgan fingerprint density at radius 1 is 1.40 bits per heavy atom. The zero-order valence-corrected chi connectivity index (χ0v) is 10.2. The Labute approximate surface area is 93.5 Å². The third-order valence-electron chi connectivity index (χ3n) is 2.17. The standard InChI is InChI=1S/C9H13ClNO3P/c1-3-6-5-8(10)11-9(7(6)4-2)15(12,13)14/h5H,3-4H2,1-2H3,(H2,12,13,14). The highest BCUT2D eigenvalue weighted by Gasteiger charge is 2.25. The van der Waals surface area contributed by atoms with E-state index in [1.807, 2.05) is 13.8 Å². The van der Waals surface area contributed by atoms with Gasteiger partial charge in [-0.2, -0.15) is 0 Å². The molecule has 15 heavy (non-hydrogen) atoms. The lowest BCUT2D eigenvalue weighted by Gasteiger charge is -2.12. The normalized spacial score (nSPS) is 11.8. The maximum atomic E-state index is 11.2. The zero-order valence-electron chi connectivity index (χ0n) is 8.57. The van der Waals surface area contributed by atoms with Gasteiger partial charge in [-0.1, -0.05) is 25.4 Å². The van der Waals surface area contributed by atoms with Gasteiger partial charge >= 0.3 is 7.60 Å². The van der Waals surface area contributed by atoms with E-state index in [0.717, 1.165) is 5.56 Å². The van der Waals surface area contributed by atoms with E-state index in [4.69, 9.17) is 21.4 Å². The topological polar surface area (TPSA) is 70.4 Å². The molecule has 6 heteroatoms. The summed E-state index contributed by atoms with van der Waals surface area (Å²) >= 11 is 5.71. The summed E-state index contributed by atoms with van der Waals surface area (Å²) in [6.45, 7) is 3.75. The minimum absolute atomic E-state index is 0.127. The minimum Gasteiger partial charge on any atom is -0.320 e. The molecular weight excluding hydrogens is 237 g/mol. The highest BCUT2D eigenvalue weighted by molar-refractivity contribution is 7.60. The van der Waals surface area contributed by atoms with Crippen LogP contribution in [0.1, 0.15) is 25.0 Å². The number of halogens is 1. The largest absolute Gasteiger partial charge is 0.374 e. The molecule has 0 atom stereocenters. The second-order valence-electron chi connectivity index (χ2n) is 3.16. The highest BCUT2D eigenvalue weighted by Crippen LogP contribution is 2.35. The summed E-state index contributed by atoms with van der Waals surface area (Å²) < 4.78 is 11.2. The van der Waals surface area contributed by atoms with Crippen molar-refractivity contribution in [2.45, 2.75) is 26.7 Å². The van der Waals surface area contributed by atoms with E-state index in [1.54, 1.807) is 6.07 Å². The van der Waals surface area contributed by atoms with Crippen LogP contribution < -0.4 is 5.44 Å². The first-order valence-corrected chi connectivity index (χ1v) is 6.63. The van der Waals surface area contributed by atoms with Gasteiger partial charge in [0.25, 0.3) is 0 Å². The fraction of sp³-hybridized carbons (Fsp3) is 0.444. The van der Waals surface area contributed by atoms with Crippen molar-refractivity contribution >= 4 is 24.6 Å². The molecule has 4 nitrogen and oxygen atoms in total. The van der Waals surface area contributed by atoms with Gasteiger partial charge in [0.2, 0.25) is 0 Å². The lowest BCUT2D eigenvalue weighted by Crippen LogP contribution is -2.17. The first kappa shape index (κ1) is 12.7. The van der Waals surface area contributed by atoms with Crippen molar-refractivity contribution in [1.29, 1.82) is 0 Å². The van der Waals surface area contributed by atoms with Gasteiger partial charge in [-0.05, 0) is 30.0 Å². The second-order valence-corrected chi connectivity index (χ2v) is 5.06. The molecule has 1 heterocycles. The van der Waals surface area contributed by atoms with Crippen LogP contribution in [0.5, 0.6) is 0 Å². The van der Waals surface area contributed by atoms with Crippen LogP contribution in [0, 0.1) is 0 Å². The first-order valence-electron chi connectivity index (χ1n) is 4.64. The van der Waals surface area contributed by atoms with E-state index >= 15 is 0 Å². The molecule has 0 saturated carbocycles. The van der Waals surface area contributed by atoms with Gasteiger partial charge in [-0.25, -0.2) is 4.98 Å². The predicted molar refractivity (Wildman–Crippen MR) is 59.7 cm³/mol. The molecule has 0 aliphatic rings. The maximum absolute atomic E-state index is 11.2. The van der Waals surface area contributed by atoms with Gasteiger partial charge in [0.1, 0.15) is 5.15 Å². The third kappa shape index (κ3) is 2.79. The molecule has 0 aromatic carbocycles. The summed E-state index contributed by atoms with van der Waals surface area (Å²) in [5.74, 6) is 0. The minimum atomic E-state index is -4.33. The van der Waals surface area contributed by atoms with E-state index in [0.29, 0.717) is 18.4 Å². The van der Waals surface area contributed by atoms with Crippen LogP contribution in [-0.2, 0) is 17.4 Å². The Balaban J connectivity index is 3.49. The van der Waals surface area contributed by atoms with Crippen LogP contribution in [0.4, 0.5) is 0 Å². The van der Waals surface area contributed by atoms with Gasteiger partial charge < -0.3 is 9.79 Å². The van der Waals surface area contributed by atoms with Gasteiger partial charge in [-0.3, -0.25) is 4.57 Å². The lowest BCUT2D eigenvalue weighted by atomic mass is 10.1. The molecule has 1 rings (SSSR count). The fourth-order valence-corrected chi connectivity index (χ4v) is 2.68. The van der Waals surface area contributed by atoms with Crippen molar-refractivity contribution in [2.24, 2.45) is 0 Å². The third-order valence-corrected chi connectivity index (χ3v) is 3.29. The van der Waals surface area contributed by atoms with Crippen molar-refractivity contribution in [3.63, 3.8) is 0 Å². The lowest BCUT2D eigenvalue weighted by molar-refractivity contribution is 0.386. The SMILES string of the molecule is CCc1cc(Cl)nc(P(=O)(O)O)c1CC. The van der Waals surface area contributed by atoms with Crippen LogP contribution in [0.25, 0.3) is 0 Å². The number of hydrogen-bond donors (Lipinski definition) is 2. The Bertz CT molecular complexity index is 416. The number of hydrogen-bond acceptors (Lipinski definition) is 2. The van der Waals surface area contributed by atoms with E-state index in [1.165, 1.54) is 0 Å². The van der Waals surface area contributed by atoms with Gasteiger partial charge in [0.15, 0.2) is 5.44 Å². The quantitative estimate of drug-likeness (QED) is 0.631. The Morgan fingerprint density at radius 3 is 2.40 bits per heavy atom. The van der Waals surface area contributed by atoms with Crippen LogP contribution >= 0.6 is 19.2 Å². The molecule has 0 unspecified atom stereocenters. The first-order chi connectivity index (χ1) is 6.90. The van der Waals surface area contributed by atoms with Crippen LogP contribution in [0.2, 0.25) is 5.15 Å².